The molecule has 15 heavy (non-hydrogen) atoms. The van der Waals surface area contributed by atoms with E-state index in [-0.39, 0.29) is 6.61 Å². The van der Waals surface area contributed by atoms with E-state index in [0.29, 0.717) is 6.42 Å². The van der Waals surface area contributed by atoms with Crippen molar-refractivity contribution in [2.45, 2.75) is 6.42 Å². The topological polar surface area (TPSA) is 46.0 Å². The number of hydrogen-bond acceptors (Lipinski definition) is 3. The fourth-order valence-corrected chi connectivity index (χ4v) is 1.49. The number of nitrogens with zero attached hydrogens (tertiary/aromatic N) is 2. The molecule has 1 N–H and O–H groups in total. The van der Waals surface area contributed by atoms with Crippen molar-refractivity contribution >= 4 is 0 Å². The molecule has 2 rings (SSSR count). The number of pyridine rings is 2. The summed E-state index contributed by atoms with van der Waals surface area (Å²) in [6, 6.07) is 9.56. The molecular weight excluding hydrogens is 188 g/mol. The molecule has 0 unspecified atom stereocenters. The molecule has 76 valence electrons. The van der Waals surface area contributed by atoms with Crippen LogP contribution in [0.5, 0.6) is 0 Å². The Bertz CT molecular complexity index is 429. The molecule has 0 aromatic carbocycles. The molecular formula is C12H12N2O. The summed E-state index contributed by atoms with van der Waals surface area (Å²) in [4.78, 5) is 8.54. The molecule has 0 bridgehead atoms. The molecule has 2 aromatic rings. The largest absolute Gasteiger partial charge is 0.396 e. The molecule has 2 aromatic heterocycles. The molecule has 0 aliphatic heterocycles. The van der Waals surface area contributed by atoms with Crippen molar-refractivity contribution in [3.8, 4) is 11.4 Å². The third-order valence-corrected chi connectivity index (χ3v) is 2.18. The standard InChI is InChI=1S/C12H12N2O/c15-9-6-10-4-3-8-14-12(10)11-5-1-2-7-13-11/h1-5,7-8,15H,6,9H2. The second-order valence-corrected chi connectivity index (χ2v) is 3.20. The van der Waals surface area contributed by atoms with Crippen LogP contribution in [0.4, 0.5) is 0 Å². The molecule has 0 atom stereocenters. The smallest absolute Gasteiger partial charge is 0.0918 e. The monoisotopic (exact) mass is 200 g/mol. The van der Waals surface area contributed by atoms with Crippen molar-refractivity contribution in [2.24, 2.45) is 0 Å². The fourth-order valence-electron chi connectivity index (χ4n) is 1.49. The van der Waals surface area contributed by atoms with Crippen molar-refractivity contribution in [2.75, 3.05) is 6.61 Å². The Kier molecular flexibility index (Phi) is 3.05. The highest BCUT2D eigenvalue weighted by Crippen LogP contribution is 2.18. The zero-order chi connectivity index (χ0) is 10.5. The van der Waals surface area contributed by atoms with Crippen LogP contribution in [0.25, 0.3) is 11.4 Å². The van der Waals surface area contributed by atoms with Crippen molar-refractivity contribution in [3.05, 3.63) is 48.3 Å². The predicted molar refractivity (Wildman–Crippen MR) is 58.3 cm³/mol. The maximum atomic E-state index is 8.94. The minimum absolute atomic E-state index is 0.130. The van der Waals surface area contributed by atoms with Gasteiger partial charge in [0.15, 0.2) is 0 Å². The molecule has 0 aliphatic carbocycles. The van der Waals surface area contributed by atoms with Crippen molar-refractivity contribution in [1.82, 2.24) is 9.97 Å². The summed E-state index contributed by atoms with van der Waals surface area (Å²) in [6.45, 7) is 0.130. The zero-order valence-electron chi connectivity index (χ0n) is 8.30. The maximum absolute atomic E-state index is 8.94. The first-order valence-electron chi connectivity index (χ1n) is 4.88. The van der Waals surface area contributed by atoms with Crippen molar-refractivity contribution in [3.63, 3.8) is 0 Å². The van der Waals surface area contributed by atoms with Gasteiger partial charge in [0.1, 0.15) is 0 Å². The van der Waals surface area contributed by atoms with Gasteiger partial charge in [0.25, 0.3) is 0 Å². The Morgan fingerprint density at radius 2 is 1.87 bits per heavy atom. The summed E-state index contributed by atoms with van der Waals surface area (Å²) in [5.74, 6) is 0. The molecule has 0 saturated carbocycles. The van der Waals surface area contributed by atoms with Crippen LogP contribution in [0.15, 0.2) is 42.7 Å². The highest BCUT2D eigenvalue weighted by molar-refractivity contribution is 5.58. The van der Waals surface area contributed by atoms with Crippen LogP contribution in [0, 0.1) is 0 Å². The van der Waals surface area contributed by atoms with Crippen LogP contribution in [-0.4, -0.2) is 21.7 Å². The summed E-state index contributed by atoms with van der Waals surface area (Å²) in [5.41, 5.74) is 2.73. The van der Waals surface area contributed by atoms with Gasteiger partial charge < -0.3 is 5.11 Å². The first-order valence-corrected chi connectivity index (χ1v) is 4.88. The van der Waals surface area contributed by atoms with Gasteiger partial charge in [-0.2, -0.15) is 0 Å². The van der Waals surface area contributed by atoms with Gasteiger partial charge in [-0.3, -0.25) is 9.97 Å². The molecule has 2 heterocycles. The summed E-state index contributed by atoms with van der Waals surface area (Å²) in [7, 11) is 0. The molecule has 0 aliphatic rings. The van der Waals surface area contributed by atoms with E-state index in [1.54, 1.807) is 12.4 Å². The average molecular weight is 200 g/mol. The summed E-state index contributed by atoms with van der Waals surface area (Å²) in [6.07, 6.45) is 4.09. The van der Waals surface area contributed by atoms with E-state index in [2.05, 4.69) is 9.97 Å². The number of rotatable bonds is 3. The summed E-state index contributed by atoms with van der Waals surface area (Å²) < 4.78 is 0. The highest BCUT2D eigenvalue weighted by Gasteiger charge is 2.05. The van der Waals surface area contributed by atoms with E-state index in [1.165, 1.54) is 0 Å². The Balaban J connectivity index is 2.43. The van der Waals surface area contributed by atoms with Gasteiger partial charge >= 0.3 is 0 Å². The first-order chi connectivity index (χ1) is 7.42. The van der Waals surface area contributed by atoms with Gasteiger partial charge in [0, 0.05) is 19.0 Å². The lowest BCUT2D eigenvalue weighted by atomic mass is 10.1. The van der Waals surface area contributed by atoms with Crippen LogP contribution < -0.4 is 0 Å². The van der Waals surface area contributed by atoms with Gasteiger partial charge in [-0.15, -0.1) is 0 Å². The van der Waals surface area contributed by atoms with Gasteiger partial charge in [-0.1, -0.05) is 12.1 Å². The first kappa shape index (κ1) is 9.80. The van der Waals surface area contributed by atoms with Crippen molar-refractivity contribution < 1.29 is 5.11 Å². The normalized spacial score (nSPS) is 10.2. The fraction of sp³-hybridized carbons (Fsp3) is 0.167. The molecule has 0 saturated heterocycles. The summed E-state index contributed by atoms with van der Waals surface area (Å²) in [5, 5.41) is 8.94. The second-order valence-electron chi connectivity index (χ2n) is 3.20. The Morgan fingerprint density at radius 1 is 1.00 bits per heavy atom. The third-order valence-electron chi connectivity index (χ3n) is 2.18. The van der Waals surface area contributed by atoms with Crippen molar-refractivity contribution in [1.29, 1.82) is 0 Å². The summed E-state index contributed by atoms with van der Waals surface area (Å²) >= 11 is 0. The van der Waals surface area contributed by atoms with E-state index in [1.807, 2.05) is 30.3 Å². The van der Waals surface area contributed by atoms with E-state index < -0.39 is 0 Å². The number of aliphatic hydroxyl groups excluding tert-OH is 1. The van der Waals surface area contributed by atoms with Crippen LogP contribution in [0.3, 0.4) is 0 Å². The number of aromatic nitrogens is 2. The quantitative estimate of drug-likeness (QED) is 0.819. The van der Waals surface area contributed by atoms with Crippen LogP contribution in [0.2, 0.25) is 0 Å². The van der Waals surface area contributed by atoms with E-state index in [0.717, 1.165) is 17.0 Å². The SMILES string of the molecule is OCCc1cccnc1-c1ccccn1. The van der Waals surface area contributed by atoms with Crippen LogP contribution >= 0.6 is 0 Å². The molecule has 0 radical (unpaired) electrons. The number of aliphatic hydroxyl groups is 1. The Morgan fingerprint density at radius 3 is 2.60 bits per heavy atom. The van der Waals surface area contributed by atoms with Gasteiger partial charge in [0.05, 0.1) is 11.4 Å². The minimum Gasteiger partial charge on any atom is -0.396 e. The Hall–Kier alpha value is -1.74. The van der Waals surface area contributed by atoms with Crippen LogP contribution in [0.1, 0.15) is 5.56 Å². The molecule has 0 spiro atoms. The molecule has 0 amide bonds. The van der Waals surface area contributed by atoms with E-state index in [9.17, 15) is 0 Å². The Labute approximate surface area is 88.5 Å². The zero-order valence-corrected chi connectivity index (χ0v) is 8.30. The minimum atomic E-state index is 0.130. The third kappa shape index (κ3) is 2.19. The lowest BCUT2D eigenvalue weighted by Crippen LogP contribution is -1.97. The second kappa shape index (κ2) is 4.66. The lowest BCUT2D eigenvalue weighted by Gasteiger charge is -2.05. The van der Waals surface area contributed by atoms with E-state index in [4.69, 9.17) is 5.11 Å². The highest BCUT2D eigenvalue weighted by atomic mass is 16.2. The van der Waals surface area contributed by atoms with Crippen LogP contribution in [-0.2, 0) is 6.42 Å². The van der Waals surface area contributed by atoms with E-state index >= 15 is 0 Å². The maximum Gasteiger partial charge on any atom is 0.0918 e. The van der Waals surface area contributed by atoms with Gasteiger partial charge in [-0.05, 0) is 30.2 Å². The number of hydrogen-bond donors (Lipinski definition) is 1. The molecule has 3 nitrogen and oxygen atoms in total. The lowest BCUT2D eigenvalue weighted by molar-refractivity contribution is 0.299. The predicted octanol–water partition coefficient (Wildman–Crippen LogP) is 1.68. The van der Waals surface area contributed by atoms with Gasteiger partial charge in [0.2, 0.25) is 0 Å². The molecule has 3 heteroatoms. The molecule has 0 fully saturated rings. The average Bonchev–Trinajstić information content (AvgIpc) is 2.31. The van der Waals surface area contributed by atoms with Gasteiger partial charge in [-0.25, -0.2) is 0 Å².